The second-order valence-corrected chi connectivity index (χ2v) is 6.56. The first-order chi connectivity index (χ1) is 4.93. The van der Waals surface area contributed by atoms with Gasteiger partial charge >= 0.3 is 72.0 Å². The molecule has 0 N–H and O–H groups in total. The molecule has 0 aliphatic rings. The van der Waals surface area contributed by atoms with Crippen molar-refractivity contribution >= 4 is 21.1 Å². The molecule has 52 valence electrons. The van der Waals surface area contributed by atoms with Crippen molar-refractivity contribution in [1.29, 1.82) is 0 Å². The maximum atomic E-state index is 4.26. The summed E-state index contributed by atoms with van der Waals surface area (Å²) in [4.78, 5) is 4.26. The van der Waals surface area contributed by atoms with Gasteiger partial charge in [0.15, 0.2) is 0 Å². The van der Waals surface area contributed by atoms with Gasteiger partial charge < -0.3 is 0 Å². The van der Waals surface area contributed by atoms with Crippen molar-refractivity contribution in [2.45, 2.75) is 15.8 Å². The van der Waals surface area contributed by atoms with Crippen LogP contribution in [0.4, 0.5) is 0 Å². The Morgan fingerprint density at radius 2 is 2.40 bits per heavy atom. The zero-order chi connectivity index (χ0) is 7.23. The van der Waals surface area contributed by atoms with Gasteiger partial charge in [0.2, 0.25) is 0 Å². The van der Waals surface area contributed by atoms with Gasteiger partial charge in [0.1, 0.15) is 0 Å². The zero-order valence-electron chi connectivity index (χ0n) is 6.17. The van der Waals surface area contributed by atoms with Crippen LogP contribution >= 0.6 is 0 Å². The summed E-state index contributed by atoms with van der Waals surface area (Å²) in [6, 6.07) is 6.16. The van der Waals surface area contributed by atoms with Crippen molar-refractivity contribution < 1.29 is 0 Å². The first-order valence-corrected chi connectivity index (χ1v) is 7.57. The third-order valence-electron chi connectivity index (χ3n) is 1.28. The Morgan fingerprint density at radius 3 is 3.00 bits per heavy atom. The van der Waals surface area contributed by atoms with Gasteiger partial charge in [0.25, 0.3) is 0 Å². The predicted octanol–water partition coefficient (Wildman–Crippen LogP) is 1.72. The van der Waals surface area contributed by atoms with Crippen molar-refractivity contribution in [1.82, 2.24) is 4.98 Å². The Morgan fingerprint density at radius 1 is 1.50 bits per heavy atom. The van der Waals surface area contributed by atoms with Gasteiger partial charge in [0.05, 0.1) is 0 Å². The quantitative estimate of drug-likeness (QED) is 0.733. The summed E-state index contributed by atoms with van der Waals surface area (Å²) < 4.78 is 2.71. The molecule has 1 aromatic heterocycles. The molecule has 1 rings (SSSR count). The predicted molar refractivity (Wildman–Crippen MR) is 44.2 cm³/mol. The second kappa shape index (κ2) is 4.72. The second-order valence-electron chi connectivity index (χ2n) is 2.10. The fourth-order valence-corrected chi connectivity index (χ4v) is 2.80. The van der Waals surface area contributed by atoms with Crippen LogP contribution in [0.2, 0.25) is 4.44 Å². The molecule has 0 aromatic carbocycles. The fraction of sp³-hybridized carbons (Fsp3) is 0.375. The number of nitrogens with zero attached hydrogens (tertiary/aromatic N) is 1. The van der Waals surface area contributed by atoms with Crippen molar-refractivity contribution in [3.63, 3.8) is 0 Å². The van der Waals surface area contributed by atoms with E-state index in [1.54, 1.807) is 0 Å². The summed E-state index contributed by atoms with van der Waals surface area (Å²) >= 11 is -0.0824. The average Bonchev–Trinajstić information content (AvgIpc) is 2.03. The van der Waals surface area contributed by atoms with Gasteiger partial charge in [-0.15, -0.1) is 0 Å². The van der Waals surface area contributed by atoms with Crippen LogP contribution in [0.1, 0.15) is 12.6 Å². The molecule has 0 unspecified atom stereocenters. The zero-order valence-corrected chi connectivity index (χ0v) is 9.02. The molecule has 0 atom stereocenters. The van der Waals surface area contributed by atoms with E-state index in [0.29, 0.717) is 0 Å². The van der Waals surface area contributed by atoms with Crippen LogP contribution in [0.15, 0.2) is 24.4 Å². The van der Waals surface area contributed by atoms with Gasteiger partial charge in [0, 0.05) is 0 Å². The van der Waals surface area contributed by atoms with Crippen LogP contribution in [0.3, 0.4) is 0 Å². The molecule has 0 aliphatic heterocycles. The number of aromatic nitrogens is 1. The van der Waals surface area contributed by atoms with E-state index in [0.717, 1.165) is 0 Å². The van der Waals surface area contributed by atoms with E-state index in [9.17, 15) is 0 Å². The molecule has 0 aliphatic carbocycles. The summed E-state index contributed by atoms with van der Waals surface area (Å²) in [5.74, 6) is 0. The summed E-state index contributed by atoms with van der Waals surface area (Å²) in [5, 5.41) is 0. The van der Waals surface area contributed by atoms with E-state index < -0.39 is 0 Å². The molecule has 0 spiro atoms. The van der Waals surface area contributed by atoms with Crippen LogP contribution in [0.5, 0.6) is 0 Å². The van der Waals surface area contributed by atoms with Gasteiger partial charge in [-0.05, 0) is 0 Å². The van der Waals surface area contributed by atoms with Gasteiger partial charge in [-0.2, -0.15) is 0 Å². The van der Waals surface area contributed by atoms with Crippen molar-refractivity contribution in [2.75, 3.05) is 0 Å². The average molecular weight is 240 g/mol. The Bertz CT molecular complexity index is 174. The van der Waals surface area contributed by atoms with E-state index in [1.165, 1.54) is 14.6 Å². The minimum absolute atomic E-state index is 0.0824. The van der Waals surface area contributed by atoms with E-state index in [4.69, 9.17) is 0 Å². The Labute approximate surface area is 72.1 Å². The molecule has 2 heteroatoms. The fourth-order valence-electron chi connectivity index (χ4n) is 0.756. The molecule has 10 heavy (non-hydrogen) atoms. The molecular formula is C8H11NSn. The molecule has 0 amide bonds. The van der Waals surface area contributed by atoms with Crippen LogP contribution < -0.4 is 0 Å². The first kappa shape index (κ1) is 8.05. The number of rotatable bonds is 3. The summed E-state index contributed by atoms with van der Waals surface area (Å²) in [7, 11) is 0. The SMILES string of the molecule is C[CH2][Sn][CH2]c1ccccn1. The molecule has 0 saturated heterocycles. The molecule has 1 nitrogen and oxygen atoms in total. The number of pyridine rings is 1. The molecule has 0 saturated carbocycles. The minimum atomic E-state index is -0.0824. The van der Waals surface area contributed by atoms with Crippen LogP contribution in [-0.2, 0) is 4.44 Å². The van der Waals surface area contributed by atoms with Crippen molar-refractivity contribution in [2.24, 2.45) is 0 Å². The first-order valence-electron chi connectivity index (χ1n) is 3.54. The Balaban J connectivity index is 2.43. The summed E-state index contributed by atoms with van der Waals surface area (Å²) in [5.41, 5.74) is 1.29. The van der Waals surface area contributed by atoms with Gasteiger partial charge in [-0.1, -0.05) is 0 Å². The molecule has 0 bridgehead atoms. The topological polar surface area (TPSA) is 12.9 Å². The van der Waals surface area contributed by atoms with Crippen LogP contribution in [-0.4, -0.2) is 26.1 Å². The van der Waals surface area contributed by atoms with Crippen molar-refractivity contribution in [3.8, 4) is 0 Å². The third kappa shape index (κ3) is 2.69. The van der Waals surface area contributed by atoms with E-state index in [2.05, 4.69) is 24.0 Å². The summed E-state index contributed by atoms with van der Waals surface area (Å²) in [6.07, 6.45) is 1.88. The molecular weight excluding hydrogens is 229 g/mol. The van der Waals surface area contributed by atoms with Gasteiger partial charge in [-0.25, -0.2) is 0 Å². The van der Waals surface area contributed by atoms with E-state index >= 15 is 0 Å². The monoisotopic (exact) mass is 241 g/mol. The van der Waals surface area contributed by atoms with E-state index in [1.807, 2.05) is 12.3 Å². The third-order valence-corrected chi connectivity index (χ3v) is 4.46. The molecule has 0 fully saturated rings. The van der Waals surface area contributed by atoms with Crippen LogP contribution in [0.25, 0.3) is 0 Å². The number of hydrogen-bond donors (Lipinski definition) is 0. The van der Waals surface area contributed by atoms with Gasteiger partial charge in [-0.3, -0.25) is 0 Å². The van der Waals surface area contributed by atoms with Crippen molar-refractivity contribution in [3.05, 3.63) is 30.1 Å². The van der Waals surface area contributed by atoms with Crippen LogP contribution in [0, 0.1) is 0 Å². The standard InChI is InChI=1S/C6H6N.C2H5.Sn/c1-6-4-2-3-5-7-6;1-2;/h2-5H,1H2;1H2,2H3;. The maximum absolute atomic E-state index is 4.26. The molecule has 2 radical (unpaired) electrons. The summed E-state index contributed by atoms with van der Waals surface area (Å²) in [6.45, 7) is 2.27. The Hall–Kier alpha value is -0.0513. The normalized spacial score (nSPS) is 9.70. The number of hydrogen-bond acceptors (Lipinski definition) is 1. The Kier molecular flexibility index (Phi) is 3.80. The molecule has 1 heterocycles. The van der Waals surface area contributed by atoms with E-state index in [-0.39, 0.29) is 21.1 Å². The molecule has 1 aromatic rings.